The zero-order valence-corrected chi connectivity index (χ0v) is 12.3. The number of carbonyl (C=O) groups is 2. The van der Waals surface area contributed by atoms with Gasteiger partial charge in [-0.05, 0) is 24.3 Å². The minimum atomic E-state index is -0.409. The van der Waals surface area contributed by atoms with Crippen LogP contribution in [0.2, 0.25) is 0 Å². The highest BCUT2D eigenvalue weighted by Crippen LogP contribution is 2.13. The van der Waals surface area contributed by atoms with Crippen molar-refractivity contribution in [3.8, 4) is 0 Å². The molecule has 3 rings (SSSR count). The SMILES string of the molecule is Cn1nc(C(=O)Nc2ccccc2)cc1NC(=O)c1ccco1. The predicted octanol–water partition coefficient (Wildman–Crippen LogP) is 2.52. The lowest BCUT2D eigenvalue weighted by Gasteiger charge is -2.01. The normalized spacial score (nSPS) is 10.3. The molecule has 0 radical (unpaired) electrons. The summed E-state index contributed by atoms with van der Waals surface area (Å²) in [4.78, 5) is 24.1. The van der Waals surface area contributed by atoms with Crippen molar-refractivity contribution >= 4 is 23.3 Å². The minimum absolute atomic E-state index is 0.182. The fourth-order valence-corrected chi connectivity index (χ4v) is 2.00. The summed E-state index contributed by atoms with van der Waals surface area (Å²) in [5.41, 5.74) is 0.871. The lowest BCUT2D eigenvalue weighted by molar-refractivity contribution is 0.0993. The van der Waals surface area contributed by atoms with Gasteiger partial charge in [-0.2, -0.15) is 5.10 Å². The molecule has 2 heterocycles. The zero-order chi connectivity index (χ0) is 16.2. The van der Waals surface area contributed by atoms with Gasteiger partial charge in [-0.15, -0.1) is 0 Å². The number of aromatic nitrogens is 2. The van der Waals surface area contributed by atoms with Crippen LogP contribution in [-0.2, 0) is 7.05 Å². The highest BCUT2D eigenvalue weighted by atomic mass is 16.3. The average molecular weight is 310 g/mol. The molecule has 2 N–H and O–H groups in total. The third-order valence-electron chi connectivity index (χ3n) is 3.13. The maximum Gasteiger partial charge on any atom is 0.292 e. The number of hydrogen-bond acceptors (Lipinski definition) is 4. The number of aryl methyl sites for hydroxylation is 1. The van der Waals surface area contributed by atoms with Crippen molar-refractivity contribution in [2.45, 2.75) is 0 Å². The molecule has 0 saturated heterocycles. The molecule has 0 saturated carbocycles. The van der Waals surface area contributed by atoms with E-state index in [4.69, 9.17) is 4.42 Å². The van der Waals surface area contributed by atoms with E-state index in [1.807, 2.05) is 18.2 Å². The van der Waals surface area contributed by atoms with Crippen LogP contribution in [0.5, 0.6) is 0 Å². The summed E-state index contributed by atoms with van der Waals surface area (Å²) in [5, 5.41) is 9.47. The van der Waals surface area contributed by atoms with E-state index in [2.05, 4.69) is 15.7 Å². The third-order valence-corrected chi connectivity index (χ3v) is 3.13. The predicted molar refractivity (Wildman–Crippen MR) is 84.3 cm³/mol. The molecule has 7 heteroatoms. The van der Waals surface area contributed by atoms with E-state index >= 15 is 0 Å². The first kappa shape index (κ1) is 14.6. The van der Waals surface area contributed by atoms with E-state index in [1.54, 1.807) is 31.3 Å². The molecule has 0 fully saturated rings. The molecule has 0 spiro atoms. The smallest absolute Gasteiger partial charge is 0.292 e. The molecule has 1 aromatic carbocycles. The van der Waals surface area contributed by atoms with Crippen LogP contribution < -0.4 is 10.6 Å². The molecule has 0 aliphatic heterocycles. The van der Waals surface area contributed by atoms with Gasteiger partial charge in [0.25, 0.3) is 11.8 Å². The van der Waals surface area contributed by atoms with E-state index in [1.165, 1.54) is 17.0 Å². The van der Waals surface area contributed by atoms with Crippen molar-refractivity contribution in [3.63, 3.8) is 0 Å². The average Bonchev–Trinajstić information content (AvgIpc) is 3.19. The van der Waals surface area contributed by atoms with Crippen LogP contribution in [0, 0.1) is 0 Å². The fraction of sp³-hybridized carbons (Fsp3) is 0.0625. The monoisotopic (exact) mass is 310 g/mol. The van der Waals surface area contributed by atoms with Gasteiger partial charge in [0.2, 0.25) is 0 Å². The van der Waals surface area contributed by atoms with Crippen LogP contribution in [0.4, 0.5) is 11.5 Å². The molecule has 0 bridgehead atoms. The molecule has 2 amide bonds. The van der Waals surface area contributed by atoms with E-state index in [-0.39, 0.29) is 17.4 Å². The zero-order valence-electron chi connectivity index (χ0n) is 12.3. The Bertz CT molecular complexity index is 822. The number of para-hydroxylation sites is 1. The van der Waals surface area contributed by atoms with Gasteiger partial charge in [0.05, 0.1) is 6.26 Å². The molecule has 0 atom stereocenters. The van der Waals surface area contributed by atoms with Crippen LogP contribution >= 0.6 is 0 Å². The first-order valence-corrected chi connectivity index (χ1v) is 6.89. The van der Waals surface area contributed by atoms with Crippen LogP contribution in [0.25, 0.3) is 0 Å². The molecule has 23 heavy (non-hydrogen) atoms. The molecule has 2 aromatic heterocycles. The third kappa shape index (κ3) is 3.29. The Kier molecular flexibility index (Phi) is 3.92. The lowest BCUT2D eigenvalue weighted by Crippen LogP contribution is -2.13. The maximum atomic E-state index is 12.2. The molecule has 7 nitrogen and oxygen atoms in total. The summed E-state index contributed by atoms with van der Waals surface area (Å²) in [6.45, 7) is 0. The topological polar surface area (TPSA) is 89.2 Å². The van der Waals surface area contributed by atoms with Gasteiger partial charge in [-0.3, -0.25) is 14.3 Å². The van der Waals surface area contributed by atoms with Crippen molar-refractivity contribution in [2.75, 3.05) is 10.6 Å². The first-order chi connectivity index (χ1) is 11.1. The summed E-state index contributed by atoms with van der Waals surface area (Å²) < 4.78 is 6.44. The van der Waals surface area contributed by atoms with E-state index in [0.717, 1.165) is 0 Å². The summed E-state index contributed by atoms with van der Waals surface area (Å²) in [6, 6.07) is 13.7. The first-order valence-electron chi connectivity index (χ1n) is 6.89. The number of nitrogens with zero attached hydrogens (tertiary/aromatic N) is 2. The Morgan fingerprint density at radius 1 is 1.04 bits per heavy atom. The van der Waals surface area contributed by atoms with Gasteiger partial charge in [0.15, 0.2) is 11.5 Å². The van der Waals surface area contributed by atoms with Gasteiger partial charge in [-0.1, -0.05) is 18.2 Å². The van der Waals surface area contributed by atoms with E-state index in [0.29, 0.717) is 11.5 Å². The van der Waals surface area contributed by atoms with E-state index in [9.17, 15) is 9.59 Å². The van der Waals surface area contributed by atoms with Crippen molar-refractivity contribution < 1.29 is 14.0 Å². The molecule has 0 aliphatic carbocycles. The highest BCUT2D eigenvalue weighted by Gasteiger charge is 2.16. The quantitative estimate of drug-likeness (QED) is 0.775. The number of furan rings is 1. The summed E-state index contributed by atoms with van der Waals surface area (Å²) >= 11 is 0. The summed E-state index contributed by atoms with van der Waals surface area (Å²) in [7, 11) is 1.64. The van der Waals surface area contributed by atoms with Gasteiger partial charge in [0, 0.05) is 18.8 Å². The molecule has 0 aliphatic rings. The number of rotatable bonds is 4. The number of benzene rings is 1. The highest BCUT2D eigenvalue weighted by molar-refractivity contribution is 6.05. The van der Waals surface area contributed by atoms with Gasteiger partial charge < -0.3 is 15.1 Å². The fourth-order valence-electron chi connectivity index (χ4n) is 2.00. The number of nitrogens with one attached hydrogen (secondary N) is 2. The number of hydrogen-bond donors (Lipinski definition) is 2. The standard InChI is InChI=1S/C16H14N4O3/c1-20-14(18-16(22)13-8-5-9-23-13)10-12(19-20)15(21)17-11-6-3-2-4-7-11/h2-10H,1H3,(H,17,21)(H,18,22). The lowest BCUT2D eigenvalue weighted by atomic mass is 10.3. The minimum Gasteiger partial charge on any atom is -0.459 e. The van der Waals surface area contributed by atoms with E-state index < -0.39 is 5.91 Å². The van der Waals surface area contributed by atoms with Gasteiger partial charge in [-0.25, -0.2) is 0 Å². The molecule has 3 aromatic rings. The largest absolute Gasteiger partial charge is 0.459 e. The van der Waals surface area contributed by atoms with Crippen LogP contribution in [0.3, 0.4) is 0 Å². The Labute approximate surface area is 131 Å². The van der Waals surface area contributed by atoms with Crippen LogP contribution in [0.1, 0.15) is 21.0 Å². The second kappa shape index (κ2) is 6.18. The summed E-state index contributed by atoms with van der Waals surface area (Å²) in [5.74, 6) is -0.190. The van der Waals surface area contributed by atoms with Crippen molar-refractivity contribution in [3.05, 3.63) is 66.2 Å². The molecular formula is C16H14N4O3. The second-order valence-corrected chi connectivity index (χ2v) is 4.79. The second-order valence-electron chi connectivity index (χ2n) is 4.79. The van der Waals surface area contributed by atoms with Crippen LogP contribution in [-0.4, -0.2) is 21.6 Å². The maximum absolute atomic E-state index is 12.2. The number of anilines is 2. The Hall–Kier alpha value is -3.35. The number of carbonyl (C=O) groups excluding carboxylic acids is 2. The van der Waals surface area contributed by atoms with Gasteiger partial charge in [0.1, 0.15) is 5.82 Å². The van der Waals surface area contributed by atoms with Crippen molar-refractivity contribution in [2.24, 2.45) is 7.05 Å². The Morgan fingerprint density at radius 2 is 1.83 bits per heavy atom. The Morgan fingerprint density at radius 3 is 2.52 bits per heavy atom. The molecule has 0 unspecified atom stereocenters. The van der Waals surface area contributed by atoms with Crippen molar-refractivity contribution in [1.29, 1.82) is 0 Å². The molecule has 116 valence electrons. The number of amides is 2. The van der Waals surface area contributed by atoms with Gasteiger partial charge >= 0.3 is 0 Å². The van der Waals surface area contributed by atoms with Crippen molar-refractivity contribution in [1.82, 2.24) is 9.78 Å². The molecular weight excluding hydrogens is 296 g/mol. The van der Waals surface area contributed by atoms with Crippen LogP contribution in [0.15, 0.2) is 59.2 Å². The Balaban J connectivity index is 1.73. The summed E-state index contributed by atoms with van der Waals surface area (Å²) in [6.07, 6.45) is 1.41.